The van der Waals surface area contributed by atoms with E-state index in [-0.39, 0.29) is 5.56 Å². The lowest BCUT2D eigenvalue weighted by Gasteiger charge is -2.36. The summed E-state index contributed by atoms with van der Waals surface area (Å²) in [4.78, 5) is 5.87. The molecule has 0 radical (unpaired) electrons. The van der Waals surface area contributed by atoms with Crippen LogP contribution in [0.15, 0.2) is 35.7 Å². The Morgan fingerprint density at radius 1 is 1.14 bits per heavy atom. The van der Waals surface area contributed by atoms with Gasteiger partial charge >= 0.3 is 0 Å². The number of thiophene rings is 1. The highest BCUT2D eigenvalue weighted by atomic mass is 32.1. The van der Waals surface area contributed by atoms with Gasteiger partial charge in [-0.25, -0.2) is 4.39 Å². The second-order valence-electron chi connectivity index (χ2n) is 5.09. The lowest BCUT2D eigenvalue weighted by molar-refractivity contribution is 0.252. The van der Waals surface area contributed by atoms with Gasteiger partial charge in [-0.05, 0) is 23.6 Å². The van der Waals surface area contributed by atoms with Crippen molar-refractivity contribution in [1.82, 2.24) is 4.90 Å². The number of benzene rings is 1. The molecule has 21 heavy (non-hydrogen) atoms. The van der Waals surface area contributed by atoms with Crippen LogP contribution in [-0.2, 0) is 6.54 Å². The van der Waals surface area contributed by atoms with Crippen LogP contribution in [0.25, 0.3) is 0 Å². The standard InChI is InChI=1S/C16H16FN3S/c17-15-4-1-5-16(14(15)11-18)20-8-6-19(7-9-20)12-13-3-2-10-21-13/h1-5,10H,6-9,12H2. The molecule has 1 aliphatic rings. The van der Waals surface area contributed by atoms with Gasteiger partial charge in [-0.2, -0.15) is 5.26 Å². The molecule has 0 unspecified atom stereocenters. The van der Waals surface area contributed by atoms with Gasteiger partial charge in [0.05, 0.1) is 5.69 Å². The number of nitrogens with zero attached hydrogens (tertiary/aromatic N) is 3. The van der Waals surface area contributed by atoms with Gasteiger partial charge in [-0.1, -0.05) is 12.1 Å². The number of piperazine rings is 1. The predicted molar refractivity (Wildman–Crippen MR) is 82.9 cm³/mol. The van der Waals surface area contributed by atoms with E-state index >= 15 is 0 Å². The molecule has 0 aliphatic carbocycles. The van der Waals surface area contributed by atoms with Crippen molar-refractivity contribution in [2.24, 2.45) is 0 Å². The molecule has 0 N–H and O–H groups in total. The summed E-state index contributed by atoms with van der Waals surface area (Å²) in [5.74, 6) is -0.434. The summed E-state index contributed by atoms with van der Waals surface area (Å²) >= 11 is 1.77. The first-order chi connectivity index (χ1) is 10.3. The van der Waals surface area contributed by atoms with E-state index in [1.165, 1.54) is 10.9 Å². The van der Waals surface area contributed by atoms with Gasteiger partial charge in [0.15, 0.2) is 0 Å². The molecule has 0 amide bonds. The summed E-state index contributed by atoms with van der Waals surface area (Å²) < 4.78 is 13.7. The summed E-state index contributed by atoms with van der Waals surface area (Å²) in [6.07, 6.45) is 0. The average Bonchev–Trinajstić information content (AvgIpc) is 3.01. The monoisotopic (exact) mass is 301 g/mol. The summed E-state index contributed by atoms with van der Waals surface area (Å²) in [6.45, 7) is 4.48. The van der Waals surface area contributed by atoms with E-state index in [2.05, 4.69) is 27.3 Å². The molecule has 3 rings (SSSR count). The maximum Gasteiger partial charge on any atom is 0.143 e. The first-order valence-electron chi connectivity index (χ1n) is 6.96. The van der Waals surface area contributed by atoms with E-state index < -0.39 is 5.82 Å². The quantitative estimate of drug-likeness (QED) is 0.873. The summed E-state index contributed by atoms with van der Waals surface area (Å²) in [7, 11) is 0. The van der Waals surface area contributed by atoms with Crippen molar-refractivity contribution in [2.75, 3.05) is 31.1 Å². The zero-order valence-corrected chi connectivity index (χ0v) is 12.4. The molecule has 3 nitrogen and oxygen atoms in total. The van der Waals surface area contributed by atoms with Crippen molar-refractivity contribution >= 4 is 17.0 Å². The Kier molecular flexibility index (Phi) is 4.18. The van der Waals surface area contributed by atoms with Crippen LogP contribution >= 0.6 is 11.3 Å². The van der Waals surface area contributed by atoms with Crippen molar-refractivity contribution in [2.45, 2.75) is 6.54 Å². The van der Waals surface area contributed by atoms with E-state index in [4.69, 9.17) is 5.26 Å². The fourth-order valence-corrected chi connectivity index (χ4v) is 3.40. The highest BCUT2D eigenvalue weighted by molar-refractivity contribution is 7.09. The molecule has 2 heterocycles. The summed E-state index contributed by atoms with van der Waals surface area (Å²) in [6, 6.07) is 11.0. The molecule has 1 aromatic heterocycles. The van der Waals surface area contributed by atoms with Crippen molar-refractivity contribution < 1.29 is 4.39 Å². The molecule has 1 saturated heterocycles. The third kappa shape index (κ3) is 3.07. The largest absolute Gasteiger partial charge is 0.368 e. The van der Waals surface area contributed by atoms with E-state index in [1.54, 1.807) is 17.4 Å². The smallest absolute Gasteiger partial charge is 0.143 e. The maximum absolute atomic E-state index is 13.7. The van der Waals surface area contributed by atoms with Crippen LogP contribution < -0.4 is 4.90 Å². The minimum atomic E-state index is -0.434. The van der Waals surface area contributed by atoms with Crippen LogP contribution in [0, 0.1) is 17.1 Å². The van der Waals surface area contributed by atoms with Crippen molar-refractivity contribution in [1.29, 1.82) is 5.26 Å². The second kappa shape index (κ2) is 6.25. The average molecular weight is 301 g/mol. The SMILES string of the molecule is N#Cc1c(F)cccc1N1CCN(Cc2cccs2)CC1. The number of nitriles is 1. The van der Waals surface area contributed by atoms with Crippen LogP contribution in [0.2, 0.25) is 0 Å². The number of anilines is 1. The topological polar surface area (TPSA) is 30.3 Å². The van der Waals surface area contributed by atoms with E-state index in [0.717, 1.165) is 32.7 Å². The van der Waals surface area contributed by atoms with Gasteiger partial charge < -0.3 is 4.90 Å². The molecule has 0 atom stereocenters. The van der Waals surface area contributed by atoms with E-state index in [1.807, 2.05) is 12.1 Å². The van der Waals surface area contributed by atoms with Crippen LogP contribution in [-0.4, -0.2) is 31.1 Å². The molecule has 108 valence electrons. The highest BCUT2D eigenvalue weighted by Crippen LogP contribution is 2.24. The molecule has 2 aromatic rings. The minimum Gasteiger partial charge on any atom is -0.368 e. The highest BCUT2D eigenvalue weighted by Gasteiger charge is 2.20. The number of halogens is 1. The van der Waals surface area contributed by atoms with Gasteiger partial charge in [-0.3, -0.25) is 4.90 Å². The molecule has 0 spiro atoms. The Balaban J connectivity index is 1.66. The van der Waals surface area contributed by atoms with Gasteiger partial charge in [0, 0.05) is 37.6 Å². The molecule has 1 fully saturated rings. The Morgan fingerprint density at radius 2 is 1.95 bits per heavy atom. The zero-order valence-electron chi connectivity index (χ0n) is 11.6. The summed E-state index contributed by atoms with van der Waals surface area (Å²) in [5.41, 5.74) is 0.873. The van der Waals surface area contributed by atoms with Gasteiger partial charge in [0.1, 0.15) is 17.4 Å². The number of rotatable bonds is 3. The molecular formula is C16H16FN3S. The first kappa shape index (κ1) is 14.1. The zero-order chi connectivity index (χ0) is 14.7. The van der Waals surface area contributed by atoms with Crippen LogP contribution in [0.4, 0.5) is 10.1 Å². The number of hydrogen-bond donors (Lipinski definition) is 0. The molecular weight excluding hydrogens is 285 g/mol. The summed E-state index contributed by atoms with van der Waals surface area (Å²) in [5, 5.41) is 11.2. The van der Waals surface area contributed by atoms with Gasteiger partial charge in [0.2, 0.25) is 0 Å². The van der Waals surface area contributed by atoms with E-state index in [0.29, 0.717) is 5.69 Å². The Bertz CT molecular complexity index is 640. The van der Waals surface area contributed by atoms with Crippen molar-refractivity contribution in [3.8, 4) is 6.07 Å². The fraction of sp³-hybridized carbons (Fsp3) is 0.312. The second-order valence-corrected chi connectivity index (χ2v) is 6.12. The van der Waals surface area contributed by atoms with Crippen LogP contribution in [0.1, 0.15) is 10.4 Å². The lowest BCUT2D eigenvalue weighted by Crippen LogP contribution is -2.46. The van der Waals surface area contributed by atoms with Crippen molar-refractivity contribution in [3.63, 3.8) is 0 Å². The van der Waals surface area contributed by atoms with E-state index in [9.17, 15) is 4.39 Å². The lowest BCUT2D eigenvalue weighted by atomic mass is 10.1. The van der Waals surface area contributed by atoms with Gasteiger partial charge in [0.25, 0.3) is 0 Å². The normalized spacial score (nSPS) is 15.9. The molecule has 0 saturated carbocycles. The van der Waals surface area contributed by atoms with Gasteiger partial charge in [-0.15, -0.1) is 11.3 Å². The van der Waals surface area contributed by atoms with Crippen molar-refractivity contribution in [3.05, 3.63) is 52.0 Å². The molecule has 1 aromatic carbocycles. The predicted octanol–water partition coefficient (Wildman–Crippen LogP) is 3.08. The fourth-order valence-electron chi connectivity index (χ4n) is 2.66. The maximum atomic E-state index is 13.7. The first-order valence-corrected chi connectivity index (χ1v) is 7.84. The third-order valence-corrected chi connectivity index (χ3v) is 4.64. The Labute approximate surface area is 127 Å². The number of hydrogen-bond acceptors (Lipinski definition) is 4. The Hall–Kier alpha value is -1.90. The third-order valence-electron chi connectivity index (χ3n) is 3.78. The minimum absolute atomic E-state index is 0.157. The Morgan fingerprint density at radius 3 is 2.62 bits per heavy atom. The van der Waals surface area contributed by atoms with Crippen LogP contribution in [0.3, 0.4) is 0 Å². The molecule has 0 bridgehead atoms. The molecule has 5 heteroatoms. The molecule has 1 aliphatic heterocycles. The van der Waals surface area contributed by atoms with Crippen LogP contribution in [0.5, 0.6) is 0 Å².